The molecule has 0 aromatic rings. The van der Waals surface area contributed by atoms with Crippen molar-refractivity contribution in [3.8, 4) is 12.3 Å². The SMILES string of the molecule is C#CCN(CC1CC1)C(=O)NC(C)C. The van der Waals surface area contributed by atoms with Gasteiger partial charge in [0.25, 0.3) is 0 Å². The highest BCUT2D eigenvalue weighted by atomic mass is 16.2. The molecular formula is C11H18N2O. The monoisotopic (exact) mass is 194 g/mol. The van der Waals surface area contributed by atoms with E-state index in [0.29, 0.717) is 12.5 Å². The van der Waals surface area contributed by atoms with Crippen LogP contribution in [0.1, 0.15) is 26.7 Å². The van der Waals surface area contributed by atoms with E-state index >= 15 is 0 Å². The molecule has 0 unspecified atom stereocenters. The van der Waals surface area contributed by atoms with Crippen molar-refractivity contribution in [3.63, 3.8) is 0 Å². The Morgan fingerprint density at radius 1 is 1.64 bits per heavy atom. The Morgan fingerprint density at radius 2 is 2.29 bits per heavy atom. The van der Waals surface area contributed by atoms with Crippen molar-refractivity contribution in [1.82, 2.24) is 10.2 Å². The van der Waals surface area contributed by atoms with Gasteiger partial charge in [0.2, 0.25) is 0 Å². The number of amides is 2. The molecule has 0 atom stereocenters. The highest BCUT2D eigenvalue weighted by molar-refractivity contribution is 5.74. The van der Waals surface area contributed by atoms with Crippen molar-refractivity contribution in [3.05, 3.63) is 0 Å². The summed E-state index contributed by atoms with van der Waals surface area (Å²) in [6.07, 6.45) is 7.69. The van der Waals surface area contributed by atoms with Gasteiger partial charge in [0.05, 0.1) is 6.54 Å². The lowest BCUT2D eigenvalue weighted by atomic mass is 10.3. The molecule has 14 heavy (non-hydrogen) atoms. The van der Waals surface area contributed by atoms with E-state index in [1.165, 1.54) is 12.8 Å². The Labute approximate surface area is 85.9 Å². The molecule has 0 aromatic heterocycles. The summed E-state index contributed by atoms with van der Waals surface area (Å²) in [7, 11) is 0. The molecule has 1 N–H and O–H groups in total. The fourth-order valence-electron chi connectivity index (χ4n) is 1.28. The maximum Gasteiger partial charge on any atom is 0.318 e. The van der Waals surface area contributed by atoms with Crippen LogP contribution in [0.4, 0.5) is 4.79 Å². The molecule has 3 nitrogen and oxygen atoms in total. The largest absolute Gasteiger partial charge is 0.336 e. The first-order valence-corrected chi connectivity index (χ1v) is 5.12. The fourth-order valence-corrected chi connectivity index (χ4v) is 1.28. The van der Waals surface area contributed by atoms with E-state index in [9.17, 15) is 4.79 Å². The van der Waals surface area contributed by atoms with Gasteiger partial charge < -0.3 is 10.2 Å². The van der Waals surface area contributed by atoms with Gasteiger partial charge in [0, 0.05) is 12.6 Å². The predicted molar refractivity (Wildman–Crippen MR) is 56.8 cm³/mol. The summed E-state index contributed by atoms with van der Waals surface area (Å²) in [5.41, 5.74) is 0. The minimum atomic E-state index is -0.0372. The van der Waals surface area contributed by atoms with Gasteiger partial charge >= 0.3 is 6.03 Å². The number of terminal acetylenes is 1. The van der Waals surface area contributed by atoms with E-state index in [2.05, 4.69) is 11.2 Å². The van der Waals surface area contributed by atoms with Gasteiger partial charge in [-0.1, -0.05) is 5.92 Å². The number of carbonyl (C=O) groups is 1. The van der Waals surface area contributed by atoms with Gasteiger partial charge in [-0.25, -0.2) is 4.79 Å². The van der Waals surface area contributed by atoms with E-state index in [4.69, 9.17) is 6.42 Å². The predicted octanol–water partition coefficient (Wildman–Crippen LogP) is 1.45. The van der Waals surface area contributed by atoms with Crippen molar-refractivity contribution in [2.45, 2.75) is 32.7 Å². The Kier molecular flexibility index (Phi) is 3.82. The third-order valence-corrected chi connectivity index (χ3v) is 2.16. The molecule has 0 aliphatic heterocycles. The van der Waals surface area contributed by atoms with Gasteiger partial charge in [0.15, 0.2) is 0 Å². The van der Waals surface area contributed by atoms with Crippen molar-refractivity contribution >= 4 is 6.03 Å². The lowest BCUT2D eigenvalue weighted by Crippen LogP contribution is -2.44. The lowest BCUT2D eigenvalue weighted by Gasteiger charge is -2.21. The van der Waals surface area contributed by atoms with E-state index in [1.54, 1.807) is 4.90 Å². The number of hydrogen-bond acceptors (Lipinski definition) is 1. The van der Waals surface area contributed by atoms with Crippen molar-refractivity contribution in [2.24, 2.45) is 5.92 Å². The maximum absolute atomic E-state index is 11.6. The zero-order chi connectivity index (χ0) is 10.6. The van der Waals surface area contributed by atoms with Gasteiger partial charge in [-0.2, -0.15) is 0 Å². The van der Waals surface area contributed by atoms with Crippen LogP contribution in [-0.4, -0.2) is 30.1 Å². The maximum atomic E-state index is 11.6. The highest BCUT2D eigenvalue weighted by Crippen LogP contribution is 2.29. The van der Waals surface area contributed by atoms with Gasteiger partial charge in [-0.15, -0.1) is 6.42 Å². The quantitative estimate of drug-likeness (QED) is 0.675. The van der Waals surface area contributed by atoms with Crippen LogP contribution in [0, 0.1) is 18.3 Å². The van der Waals surface area contributed by atoms with Crippen LogP contribution < -0.4 is 5.32 Å². The van der Waals surface area contributed by atoms with Gasteiger partial charge in [-0.3, -0.25) is 0 Å². The number of carbonyl (C=O) groups excluding carboxylic acids is 1. The summed E-state index contributed by atoms with van der Waals surface area (Å²) in [5, 5.41) is 2.85. The third kappa shape index (κ3) is 3.69. The molecule has 0 heterocycles. The average Bonchev–Trinajstić information content (AvgIpc) is 2.86. The Morgan fingerprint density at radius 3 is 2.71 bits per heavy atom. The Balaban J connectivity index is 2.39. The molecule has 78 valence electrons. The number of hydrogen-bond donors (Lipinski definition) is 1. The summed E-state index contributed by atoms with van der Waals surface area (Å²) in [6.45, 7) is 5.12. The van der Waals surface area contributed by atoms with E-state index in [0.717, 1.165) is 6.54 Å². The van der Waals surface area contributed by atoms with Crippen LogP contribution in [0.2, 0.25) is 0 Å². The molecule has 1 saturated carbocycles. The first kappa shape index (κ1) is 10.9. The molecule has 0 spiro atoms. The van der Waals surface area contributed by atoms with Gasteiger partial charge in [0.1, 0.15) is 0 Å². The molecule has 0 aromatic carbocycles. The molecule has 2 amide bonds. The Bertz CT molecular complexity index is 238. The fraction of sp³-hybridized carbons (Fsp3) is 0.727. The van der Waals surface area contributed by atoms with E-state index in [-0.39, 0.29) is 12.1 Å². The van der Waals surface area contributed by atoms with Crippen LogP contribution in [0.5, 0.6) is 0 Å². The molecular weight excluding hydrogens is 176 g/mol. The average molecular weight is 194 g/mol. The van der Waals surface area contributed by atoms with Crippen molar-refractivity contribution < 1.29 is 4.79 Å². The van der Waals surface area contributed by atoms with Crippen LogP contribution in [0.3, 0.4) is 0 Å². The third-order valence-electron chi connectivity index (χ3n) is 2.16. The summed E-state index contributed by atoms with van der Waals surface area (Å²) in [5.74, 6) is 3.20. The van der Waals surface area contributed by atoms with Crippen LogP contribution in [0.15, 0.2) is 0 Å². The van der Waals surface area contributed by atoms with Crippen molar-refractivity contribution in [1.29, 1.82) is 0 Å². The van der Waals surface area contributed by atoms with Crippen LogP contribution in [0.25, 0.3) is 0 Å². The smallest absolute Gasteiger partial charge is 0.318 e. The molecule has 0 bridgehead atoms. The topological polar surface area (TPSA) is 32.3 Å². The number of nitrogens with one attached hydrogen (secondary N) is 1. The van der Waals surface area contributed by atoms with E-state index < -0.39 is 0 Å². The second-order valence-corrected chi connectivity index (χ2v) is 4.13. The molecule has 0 radical (unpaired) electrons. The second kappa shape index (κ2) is 4.90. The standard InChI is InChI=1S/C11H18N2O/c1-4-7-13(8-10-5-6-10)11(14)12-9(2)3/h1,9-10H,5-8H2,2-3H3,(H,12,14). The molecule has 3 heteroatoms. The van der Waals surface area contributed by atoms with Crippen LogP contribution in [-0.2, 0) is 0 Å². The molecule has 0 saturated heterocycles. The number of rotatable bonds is 4. The summed E-state index contributed by atoms with van der Waals surface area (Å²) in [6, 6.07) is 0.131. The minimum Gasteiger partial charge on any atom is -0.336 e. The van der Waals surface area contributed by atoms with Gasteiger partial charge in [-0.05, 0) is 32.6 Å². The van der Waals surface area contributed by atoms with Crippen LogP contribution >= 0.6 is 0 Å². The number of nitrogens with zero attached hydrogens (tertiary/aromatic N) is 1. The zero-order valence-corrected chi connectivity index (χ0v) is 8.92. The summed E-state index contributed by atoms with van der Waals surface area (Å²) in [4.78, 5) is 13.3. The lowest BCUT2D eigenvalue weighted by molar-refractivity contribution is 0.199. The van der Waals surface area contributed by atoms with E-state index in [1.807, 2.05) is 13.8 Å². The first-order chi connectivity index (χ1) is 6.63. The molecule has 1 aliphatic carbocycles. The zero-order valence-electron chi connectivity index (χ0n) is 8.92. The normalized spacial score (nSPS) is 15.0. The molecule has 1 aliphatic rings. The minimum absolute atomic E-state index is 0.0372. The Hall–Kier alpha value is -1.17. The second-order valence-electron chi connectivity index (χ2n) is 4.13. The first-order valence-electron chi connectivity index (χ1n) is 5.12. The molecule has 1 fully saturated rings. The summed E-state index contributed by atoms with van der Waals surface area (Å²) >= 11 is 0. The van der Waals surface area contributed by atoms with Crippen molar-refractivity contribution in [2.75, 3.05) is 13.1 Å². The summed E-state index contributed by atoms with van der Waals surface area (Å²) < 4.78 is 0. The number of urea groups is 1. The molecule has 1 rings (SSSR count). The highest BCUT2D eigenvalue weighted by Gasteiger charge is 2.26.